The molecule has 0 aliphatic carbocycles. The van der Waals surface area contributed by atoms with Gasteiger partial charge in [0.15, 0.2) is 5.65 Å². The van der Waals surface area contributed by atoms with E-state index in [9.17, 15) is 0 Å². The number of aromatic nitrogens is 3. The van der Waals surface area contributed by atoms with Crippen LogP contribution in [0.1, 0.15) is 17.0 Å². The van der Waals surface area contributed by atoms with Gasteiger partial charge in [0.25, 0.3) is 0 Å². The van der Waals surface area contributed by atoms with Crippen molar-refractivity contribution in [2.75, 3.05) is 0 Å². The Morgan fingerprint density at radius 3 is 2.86 bits per heavy atom. The molecule has 0 bridgehead atoms. The summed E-state index contributed by atoms with van der Waals surface area (Å²) in [6.45, 7) is 4.24. The standard InChI is InChI=1S/C9H11ClN4/c1-5-3-8(10)14-9(12-5)7(4-11)6(2)13-14/h3H,4,11H2,1-2H3. The van der Waals surface area contributed by atoms with Crippen LogP contribution in [-0.2, 0) is 6.54 Å². The second-order valence-corrected chi connectivity index (χ2v) is 3.61. The number of hydrogen-bond acceptors (Lipinski definition) is 3. The molecule has 0 aromatic carbocycles. The lowest BCUT2D eigenvalue weighted by Gasteiger charge is -1.99. The zero-order valence-electron chi connectivity index (χ0n) is 8.08. The van der Waals surface area contributed by atoms with Crippen molar-refractivity contribution >= 4 is 17.2 Å². The van der Waals surface area contributed by atoms with Crippen LogP contribution in [0.15, 0.2) is 6.07 Å². The van der Waals surface area contributed by atoms with E-state index in [1.165, 1.54) is 0 Å². The molecule has 2 N–H and O–H groups in total. The van der Waals surface area contributed by atoms with E-state index in [1.807, 2.05) is 13.8 Å². The van der Waals surface area contributed by atoms with Crippen molar-refractivity contribution in [3.63, 3.8) is 0 Å². The van der Waals surface area contributed by atoms with Crippen LogP contribution < -0.4 is 5.73 Å². The number of rotatable bonds is 1. The predicted molar refractivity (Wildman–Crippen MR) is 55.4 cm³/mol. The maximum atomic E-state index is 6.02. The third-order valence-electron chi connectivity index (χ3n) is 2.17. The topological polar surface area (TPSA) is 56.2 Å². The highest BCUT2D eigenvalue weighted by Gasteiger charge is 2.11. The van der Waals surface area contributed by atoms with Gasteiger partial charge in [-0.25, -0.2) is 9.50 Å². The van der Waals surface area contributed by atoms with Crippen molar-refractivity contribution in [1.29, 1.82) is 0 Å². The Balaban J connectivity index is 2.87. The summed E-state index contributed by atoms with van der Waals surface area (Å²) in [5.41, 5.74) is 9.09. The molecule has 0 aliphatic rings. The SMILES string of the molecule is Cc1cc(Cl)n2nc(C)c(CN)c2n1. The molecule has 2 heterocycles. The van der Waals surface area contributed by atoms with Gasteiger partial charge in [-0.2, -0.15) is 5.10 Å². The van der Waals surface area contributed by atoms with Crippen molar-refractivity contribution in [3.05, 3.63) is 28.2 Å². The van der Waals surface area contributed by atoms with Gasteiger partial charge < -0.3 is 5.73 Å². The summed E-state index contributed by atoms with van der Waals surface area (Å²) in [6.07, 6.45) is 0. The molecular formula is C9H11ClN4. The van der Waals surface area contributed by atoms with Crippen molar-refractivity contribution in [1.82, 2.24) is 14.6 Å². The van der Waals surface area contributed by atoms with Crippen molar-refractivity contribution < 1.29 is 0 Å². The van der Waals surface area contributed by atoms with Crippen LogP contribution in [0.2, 0.25) is 5.15 Å². The lowest BCUT2D eigenvalue weighted by molar-refractivity contribution is 0.910. The fraction of sp³-hybridized carbons (Fsp3) is 0.333. The molecule has 0 fully saturated rings. The summed E-state index contributed by atoms with van der Waals surface area (Å²) in [4.78, 5) is 4.36. The summed E-state index contributed by atoms with van der Waals surface area (Å²) < 4.78 is 1.62. The summed E-state index contributed by atoms with van der Waals surface area (Å²) in [5, 5.41) is 4.83. The average molecular weight is 211 g/mol. The summed E-state index contributed by atoms with van der Waals surface area (Å²) in [7, 11) is 0. The fourth-order valence-electron chi connectivity index (χ4n) is 1.48. The van der Waals surface area contributed by atoms with Crippen LogP contribution in [0.5, 0.6) is 0 Å². The minimum absolute atomic E-state index is 0.433. The van der Waals surface area contributed by atoms with E-state index in [2.05, 4.69) is 10.1 Å². The minimum atomic E-state index is 0.433. The predicted octanol–water partition coefficient (Wildman–Crippen LogP) is 1.46. The summed E-state index contributed by atoms with van der Waals surface area (Å²) in [5.74, 6) is 0. The van der Waals surface area contributed by atoms with E-state index in [-0.39, 0.29) is 0 Å². The number of aryl methyl sites for hydroxylation is 2. The van der Waals surface area contributed by atoms with Gasteiger partial charge in [-0.15, -0.1) is 0 Å². The second-order valence-electron chi connectivity index (χ2n) is 3.22. The van der Waals surface area contributed by atoms with Gasteiger partial charge in [0.1, 0.15) is 5.15 Å². The molecular weight excluding hydrogens is 200 g/mol. The van der Waals surface area contributed by atoms with Crippen LogP contribution >= 0.6 is 11.6 Å². The van der Waals surface area contributed by atoms with Gasteiger partial charge in [0.05, 0.1) is 5.69 Å². The van der Waals surface area contributed by atoms with E-state index >= 15 is 0 Å². The smallest absolute Gasteiger partial charge is 0.161 e. The Bertz CT molecular complexity index is 489. The molecule has 0 saturated carbocycles. The second kappa shape index (κ2) is 3.22. The first-order valence-electron chi connectivity index (χ1n) is 4.35. The number of nitrogens with two attached hydrogens (primary N) is 1. The zero-order chi connectivity index (χ0) is 10.3. The van der Waals surface area contributed by atoms with Crippen molar-refractivity contribution in [2.45, 2.75) is 20.4 Å². The molecule has 0 unspecified atom stereocenters. The maximum Gasteiger partial charge on any atom is 0.161 e. The summed E-state index contributed by atoms with van der Waals surface area (Å²) >= 11 is 6.02. The molecule has 0 saturated heterocycles. The average Bonchev–Trinajstić information content (AvgIpc) is 2.41. The van der Waals surface area contributed by atoms with Gasteiger partial charge >= 0.3 is 0 Å². The largest absolute Gasteiger partial charge is 0.326 e. The Kier molecular flexibility index (Phi) is 2.17. The molecule has 2 aromatic rings. The number of nitrogens with zero attached hydrogens (tertiary/aromatic N) is 3. The number of fused-ring (bicyclic) bond motifs is 1. The van der Waals surface area contributed by atoms with E-state index in [1.54, 1.807) is 10.6 Å². The highest BCUT2D eigenvalue weighted by atomic mass is 35.5. The first-order chi connectivity index (χ1) is 6.63. The lowest BCUT2D eigenvalue weighted by Crippen LogP contribution is -1.99. The van der Waals surface area contributed by atoms with Crippen LogP contribution in [0.25, 0.3) is 5.65 Å². The van der Waals surface area contributed by atoms with E-state index < -0.39 is 0 Å². The van der Waals surface area contributed by atoms with Gasteiger partial charge in [-0.05, 0) is 19.9 Å². The molecule has 2 aromatic heterocycles. The normalized spacial score (nSPS) is 11.1. The van der Waals surface area contributed by atoms with Gasteiger partial charge in [-0.1, -0.05) is 11.6 Å². The molecule has 0 atom stereocenters. The molecule has 5 heteroatoms. The van der Waals surface area contributed by atoms with Crippen molar-refractivity contribution in [3.8, 4) is 0 Å². The molecule has 74 valence electrons. The zero-order valence-corrected chi connectivity index (χ0v) is 8.84. The fourth-order valence-corrected chi connectivity index (χ4v) is 1.76. The number of hydrogen-bond donors (Lipinski definition) is 1. The van der Waals surface area contributed by atoms with E-state index in [0.717, 1.165) is 22.6 Å². The highest BCUT2D eigenvalue weighted by Crippen LogP contribution is 2.18. The van der Waals surface area contributed by atoms with Gasteiger partial charge in [0, 0.05) is 17.8 Å². The first-order valence-corrected chi connectivity index (χ1v) is 4.72. The molecule has 14 heavy (non-hydrogen) atoms. The summed E-state index contributed by atoms with van der Waals surface area (Å²) in [6, 6.07) is 1.78. The van der Waals surface area contributed by atoms with Crippen molar-refractivity contribution in [2.24, 2.45) is 5.73 Å². The van der Waals surface area contributed by atoms with Gasteiger partial charge in [0.2, 0.25) is 0 Å². The van der Waals surface area contributed by atoms with Crippen LogP contribution in [-0.4, -0.2) is 14.6 Å². The minimum Gasteiger partial charge on any atom is -0.326 e. The molecule has 2 rings (SSSR count). The molecule has 4 nitrogen and oxygen atoms in total. The molecule has 0 spiro atoms. The Morgan fingerprint density at radius 1 is 1.50 bits per heavy atom. The Morgan fingerprint density at radius 2 is 2.21 bits per heavy atom. The Labute approximate surface area is 86.7 Å². The highest BCUT2D eigenvalue weighted by molar-refractivity contribution is 6.29. The molecule has 0 radical (unpaired) electrons. The van der Waals surface area contributed by atoms with Gasteiger partial charge in [-0.3, -0.25) is 0 Å². The third-order valence-corrected chi connectivity index (χ3v) is 2.44. The quantitative estimate of drug-likeness (QED) is 0.725. The molecule has 0 amide bonds. The van der Waals surface area contributed by atoms with Crippen LogP contribution in [0.3, 0.4) is 0 Å². The number of halogens is 1. The lowest BCUT2D eigenvalue weighted by atomic mass is 10.2. The monoisotopic (exact) mass is 210 g/mol. The third kappa shape index (κ3) is 1.27. The van der Waals surface area contributed by atoms with Crippen LogP contribution in [0.4, 0.5) is 0 Å². The first kappa shape index (κ1) is 9.43. The maximum absolute atomic E-state index is 6.02. The van der Waals surface area contributed by atoms with Crippen LogP contribution in [0, 0.1) is 13.8 Å². The van der Waals surface area contributed by atoms with E-state index in [0.29, 0.717) is 11.7 Å². The Hall–Kier alpha value is -1.13. The molecule has 0 aliphatic heterocycles. The van der Waals surface area contributed by atoms with E-state index in [4.69, 9.17) is 17.3 Å².